The Hall–Kier alpha value is -1.03. The van der Waals surface area contributed by atoms with E-state index in [4.69, 9.17) is 16.3 Å². The molecular weight excluding hydrogens is 238 g/mol. The molecule has 0 radical (unpaired) electrons. The number of hydrogen-bond acceptors (Lipinski definition) is 4. The van der Waals surface area contributed by atoms with Crippen LogP contribution in [0.3, 0.4) is 0 Å². The van der Waals surface area contributed by atoms with E-state index in [9.17, 15) is 0 Å². The predicted octanol–water partition coefficient (Wildman–Crippen LogP) is 3.13. The lowest BCUT2D eigenvalue weighted by molar-refractivity contribution is 0.411. The summed E-state index contributed by atoms with van der Waals surface area (Å²) in [6, 6.07) is 0.433. The lowest BCUT2D eigenvalue weighted by Crippen LogP contribution is -2.20. The molecule has 1 atom stereocenters. The van der Waals surface area contributed by atoms with E-state index < -0.39 is 0 Å². The highest BCUT2D eigenvalue weighted by Gasteiger charge is 2.25. The first-order valence-corrected chi connectivity index (χ1v) is 6.43. The van der Waals surface area contributed by atoms with Gasteiger partial charge in [0.1, 0.15) is 6.33 Å². The highest BCUT2D eigenvalue weighted by molar-refractivity contribution is 6.31. The molecule has 1 saturated carbocycles. The quantitative estimate of drug-likeness (QED) is 0.794. The number of halogens is 1. The zero-order valence-corrected chi connectivity index (χ0v) is 11.0. The van der Waals surface area contributed by atoms with E-state index >= 15 is 0 Å². The molecule has 1 aromatic heterocycles. The molecule has 0 aliphatic heterocycles. The molecule has 5 heteroatoms. The Bertz CT molecular complexity index is 382. The van der Waals surface area contributed by atoms with E-state index in [1.807, 2.05) is 0 Å². The standard InChI is InChI=1S/C12H18ClN3O/c1-3-9(6-8-4-5-8)16-12-10(17-2)11(13)14-7-15-12/h7-9H,3-6H2,1-2H3,(H,14,15,16). The van der Waals surface area contributed by atoms with Gasteiger partial charge in [0.15, 0.2) is 16.7 Å². The van der Waals surface area contributed by atoms with Crippen molar-refractivity contribution in [3.05, 3.63) is 11.5 Å². The second-order valence-corrected chi connectivity index (χ2v) is 4.83. The average Bonchev–Trinajstić information content (AvgIpc) is 3.12. The van der Waals surface area contributed by atoms with Crippen molar-refractivity contribution in [1.29, 1.82) is 0 Å². The second-order valence-electron chi connectivity index (χ2n) is 4.47. The highest BCUT2D eigenvalue weighted by Crippen LogP contribution is 2.36. The zero-order valence-electron chi connectivity index (χ0n) is 10.2. The van der Waals surface area contributed by atoms with Gasteiger partial charge in [0.25, 0.3) is 0 Å². The Morgan fingerprint density at radius 2 is 2.29 bits per heavy atom. The molecule has 1 N–H and O–H groups in total. The number of hydrogen-bond donors (Lipinski definition) is 1. The van der Waals surface area contributed by atoms with Gasteiger partial charge in [0.2, 0.25) is 0 Å². The van der Waals surface area contributed by atoms with E-state index in [0.717, 1.165) is 12.3 Å². The molecule has 0 bridgehead atoms. The molecule has 1 unspecified atom stereocenters. The number of aromatic nitrogens is 2. The maximum absolute atomic E-state index is 5.96. The van der Waals surface area contributed by atoms with Crippen molar-refractivity contribution >= 4 is 17.4 Å². The van der Waals surface area contributed by atoms with Gasteiger partial charge < -0.3 is 10.1 Å². The number of rotatable bonds is 6. The predicted molar refractivity (Wildman–Crippen MR) is 68.6 cm³/mol. The third kappa shape index (κ3) is 3.22. The van der Waals surface area contributed by atoms with Crippen molar-refractivity contribution in [2.75, 3.05) is 12.4 Å². The second kappa shape index (κ2) is 5.54. The summed E-state index contributed by atoms with van der Waals surface area (Å²) in [5.74, 6) is 2.11. The van der Waals surface area contributed by atoms with Gasteiger partial charge in [0.05, 0.1) is 7.11 Å². The van der Waals surface area contributed by atoms with Crippen LogP contribution in [0, 0.1) is 5.92 Å². The van der Waals surface area contributed by atoms with Gasteiger partial charge in [-0.2, -0.15) is 0 Å². The van der Waals surface area contributed by atoms with Gasteiger partial charge in [0, 0.05) is 6.04 Å². The molecule has 0 aromatic carbocycles. The van der Waals surface area contributed by atoms with Crippen LogP contribution in [-0.4, -0.2) is 23.1 Å². The van der Waals surface area contributed by atoms with E-state index in [2.05, 4.69) is 22.2 Å². The van der Waals surface area contributed by atoms with Gasteiger partial charge in [-0.05, 0) is 18.8 Å². The Morgan fingerprint density at radius 1 is 1.53 bits per heavy atom. The minimum atomic E-state index is 0.353. The van der Waals surface area contributed by atoms with Crippen LogP contribution < -0.4 is 10.1 Å². The summed E-state index contributed by atoms with van der Waals surface area (Å²) in [6.45, 7) is 2.18. The van der Waals surface area contributed by atoms with Crippen molar-refractivity contribution in [3.8, 4) is 5.75 Å². The Labute approximate surface area is 107 Å². The molecule has 1 aromatic rings. The fourth-order valence-corrected chi connectivity index (χ4v) is 2.12. The van der Waals surface area contributed by atoms with E-state index in [-0.39, 0.29) is 0 Å². The zero-order chi connectivity index (χ0) is 12.3. The molecule has 2 rings (SSSR count). The van der Waals surface area contributed by atoms with Crippen molar-refractivity contribution in [1.82, 2.24) is 9.97 Å². The minimum absolute atomic E-state index is 0.353. The van der Waals surface area contributed by atoms with Crippen molar-refractivity contribution in [3.63, 3.8) is 0 Å². The van der Waals surface area contributed by atoms with E-state index in [0.29, 0.717) is 22.8 Å². The first-order chi connectivity index (χ1) is 8.24. The Balaban J connectivity index is 2.07. The molecule has 0 spiro atoms. The SMILES string of the molecule is CCC(CC1CC1)Nc1ncnc(Cl)c1OC. The molecular formula is C12H18ClN3O. The third-order valence-electron chi connectivity index (χ3n) is 3.11. The van der Waals surface area contributed by atoms with Gasteiger partial charge in [-0.3, -0.25) is 0 Å². The number of methoxy groups -OCH3 is 1. The lowest BCUT2D eigenvalue weighted by Gasteiger charge is -2.18. The highest BCUT2D eigenvalue weighted by atomic mass is 35.5. The minimum Gasteiger partial charge on any atom is -0.490 e. The van der Waals surface area contributed by atoms with Crippen LogP contribution >= 0.6 is 11.6 Å². The topological polar surface area (TPSA) is 47.0 Å². The van der Waals surface area contributed by atoms with Crippen molar-refractivity contribution < 1.29 is 4.74 Å². The van der Waals surface area contributed by atoms with Gasteiger partial charge in [-0.25, -0.2) is 9.97 Å². The first-order valence-electron chi connectivity index (χ1n) is 6.05. The molecule has 94 valence electrons. The van der Waals surface area contributed by atoms with Crippen LogP contribution in [0.4, 0.5) is 5.82 Å². The molecule has 4 nitrogen and oxygen atoms in total. The summed E-state index contributed by atoms with van der Waals surface area (Å²) in [7, 11) is 1.58. The van der Waals surface area contributed by atoms with Crippen LogP contribution in [0.2, 0.25) is 5.15 Å². The number of ether oxygens (including phenoxy) is 1. The molecule has 0 saturated heterocycles. The molecule has 1 aliphatic carbocycles. The normalized spacial score (nSPS) is 16.6. The first kappa shape index (κ1) is 12.4. The van der Waals surface area contributed by atoms with E-state index in [1.54, 1.807) is 7.11 Å². The molecule has 0 amide bonds. The number of nitrogens with zero attached hydrogens (tertiary/aromatic N) is 2. The Kier molecular flexibility index (Phi) is 4.05. The summed E-state index contributed by atoms with van der Waals surface area (Å²) in [4.78, 5) is 8.10. The van der Waals surface area contributed by atoms with Gasteiger partial charge in [-0.1, -0.05) is 31.4 Å². The van der Waals surface area contributed by atoms with Crippen molar-refractivity contribution in [2.24, 2.45) is 5.92 Å². The maximum Gasteiger partial charge on any atom is 0.198 e. The fraction of sp³-hybridized carbons (Fsp3) is 0.667. The lowest BCUT2D eigenvalue weighted by atomic mass is 10.1. The van der Waals surface area contributed by atoms with Crippen LogP contribution in [0.15, 0.2) is 6.33 Å². The fourth-order valence-electron chi connectivity index (χ4n) is 1.91. The van der Waals surface area contributed by atoms with Crippen LogP contribution in [0.1, 0.15) is 32.6 Å². The average molecular weight is 256 g/mol. The third-order valence-corrected chi connectivity index (χ3v) is 3.38. The largest absolute Gasteiger partial charge is 0.490 e. The van der Waals surface area contributed by atoms with Crippen LogP contribution in [0.25, 0.3) is 0 Å². The molecule has 1 aliphatic rings. The van der Waals surface area contributed by atoms with Gasteiger partial charge in [-0.15, -0.1) is 0 Å². The summed E-state index contributed by atoms with van der Waals surface area (Å²) in [5.41, 5.74) is 0. The molecule has 1 fully saturated rings. The Morgan fingerprint density at radius 3 is 2.88 bits per heavy atom. The van der Waals surface area contributed by atoms with E-state index in [1.165, 1.54) is 25.6 Å². The maximum atomic E-state index is 5.96. The summed E-state index contributed by atoms with van der Waals surface area (Å²) in [5, 5.41) is 3.75. The van der Waals surface area contributed by atoms with Crippen LogP contribution in [-0.2, 0) is 0 Å². The number of anilines is 1. The van der Waals surface area contributed by atoms with Crippen molar-refractivity contribution in [2.45, 2.75) is 38.6 Å². The smallest absolute Gasteiger partial charge is 0.198 e. The molecule has 17 heavy (non-hydrogen) atoms. The summed E-state index contributed by atoms with van der Waals surface area (Å²) >= 11 is 5.96. The summed E-state index contributed by atoms with van der Waals surface area (Å²) < 4.78 is 5.22. The molecule has 1 heterocycles. The number of nitrogens with one attached hydrogen (secondary N) is 1. The monoisotopic (exact) mass is 255 g/mol. The summed E-state index contributed by atoms with van der Waals surface area (Å²) in [6.07, 6.45) is 6.44. The van der Waals surface area contributed by atoms with Gasteiger partial charge >= 0.3 is 0 Å². The van der Waals surface area contributed by atoms with Crippen LogP contribution in [0.5, 0.6) is 5.75 Å².